The lowest BCUT2D eigenvalue weighted by molar-refractivity contribution is 1.49. The lowest BCUT2D eigenvalue weighted by Gasteiger charge is -1.87. The van der Waals surface area contributed by atoms with Crippen molar-refractivity contribution in [2.45, 2.75) is 0 Å². The van der Waals surface area contributed by atoms with Crippen molar-refractivity contribution in [2.75, 3.05) is 5.32 Å². The van der Waals surface area contributed by atoms with Crippen molar-refractivity contribution in [3.63, 3.8) is 0 Å². The third-order valence-corrected chi connectivity index (χ3v) is 2.04. The van der Waals surface area contributed by atoms with Crippen LogP contribution in [-0.2, 0) is 0 Å². The molecular formula is C5H3ClN2S. The molecule has 2 nitrogen and oxygen atoms in total. The van der Waals surface area contributed by atoms with E-state index in [9.17, 15) is 0 Å². The SMILES string of the molecule is N#CNc1sccc1Cl. The Hall–Kier alpha value is -0.720. The number of anilines is 1. The summed E-state index contributed by atoms with van der Waals surface area (Å²) in [6.07, 6.45) is 1.79. The molecule has 0 radical (unpaired) electrons. The standard InChI is InChI=1S/C5H3ClN2S/c6-4-1-2-9-5(4)8-3-7/h1-2,8H. The summed E-state index contributed by atoms with van der Waals surface area (Å²) in [5, 5.41) is 13.7. The molecule has 1 heterocycles. The molecule has 0 aromatic carbocycles. The van der Waals surface area contributed by atoms with Gasteiger partial charge in [0.05, 0.1) is 5.02 Å². The maximum Gasteiger partial charge on any atom is 0.182 e. The van der Waals surface area contributed by atoms with E-state index in [1.54, 1.807) is 12.3 Å². The molecule has 1 aromatic rings. The summed E-state index contributed by atoms with van der Waals surface area (Å²) >= 11 is 7.02. The van der Waals surface area contributed by atoms with Gasteiger partial charge in [-0.05, 0) is 11.4 Å². The average molecular weight is 159 g/mol. The van der Waals surface area contributed by atoms with Crippen LogP contribution in [0.3, 0.4) is 0 Å². The molecular weight excluding hydrogens is 156 g/mol. The highest BCUT2D eigenvalue weighted by Gasteiger charge is 1.96. The first-order valence-corrected chi connectivity index (χ1v) is 3.48. The van der Waals surface area contributed by atoms with Crippen LogP contribution < -0.4 is 5.32 Å². The van der Waals surface area contributed by atoms with E-state index in [0.29, 0.717) is 10.0 Å². The van der Waals surface area contributed by atoms with Crippen molar-refractivity contribution in [3.05, 3.63) is 16.5 Å². The van der Waals surface area contributed by atoms with Gasteiger partial charge < -0.3 is 0 Å². The Balaban J connectivity index is 2.84. The van der Waals surface area contributed by atoms with Gasteiger partial charge in [-0.1, -0.05) is 11.6 Å². The van der Waals surface area contributed by atoms with Gasteiger partial charge in [0.1, 0.15) is 5.00 Å². The molecule has 0 spiro atoms. The number of rotatable bonds is 1. The summed E-state index contributed by atoms with van der Waals surface area (Å²) in [7, 11) is 0. The Kier molecular flexibility index (Phi) is 1.93. The number of halogens is 1. The van der Waals surface area contributed by atoms with Crippen LogP contribution in [0.5, 0.6) is 0 Å². The minimum Gasteiger partial charge on any atom is -0.283 e. The smallest absolute Gasteiger partial charge is 0.182 e. The van der Waals surface area contributed by atoms with Crippen molar-refractivity contribution in [2.24, 2.45) is 0 Å². The summed E-state index contributed by atoms with van der Waals surface area (Å²) in [4.78, 5) is 0. The van der Waals surface area contributed by atoms with Gasteiger partial charge in [-0.15, -0.1) is 11.3 Å². The minimum atomic E-state index is 0.599. The number of hydrogen-bond acceptors (Lipinski definition) is 3. The van der Waals surface area contributed by atoms with Crippen LogP contribution in [0.2, 0.25) is 5.02 Å². The van der Waals surface area contributed by atoms with Crippen molar-refractivity contribution in [1.82, 2.24) is 0 Å². The van der Waals surface area contributed by atoms with Gasteiger partial charge >= 0.3 is 0 Å². The molecule has 1 rings (SSSR count). The Bertz CT molecular complexity index is 237. The Morgan fingerprint density at radius 1 is 1.78 bits per heavy atom. The number of nitriles is 1. The molecule has 1 aromatic heterocycles. The zero-order chi connectivity index (χ0) is 6.69. The summed E-state index contributed by atoms with van der Waals surface area (Å²) in [6.45, 7) is 0. The van der Waals surface area contributed by atoms with Crippen LogP contribution in [0.1, 0.15) is 0 Å². The van der Waals surface area contributed by atoms with Gasteiger partial charge in [0.15, 0.2) is 6.19 Å². The molecule has 0 saturated carbocycles. The quantitative estimate of drug-likeness (QED) is 0.503. The monoisotopic (exact) mass is 158 g/mol. The number of nitrogens with one attached hydrogen (secondary N) is 1. The highest BCUT2D eigenvalue weighted by atomic mass is 35.5. The van der Waals surface area contributed by atoms with Gasteiger partial charge in [-0.25, -0.2) is 0 Å². The molecule has 0 unspecified atom stereocenters. The highest BCUT2D eigenvalue weighted by molar-refractivity contribution is 7.15. The van der Waals surface area contributed by atoms with Gasteiger partial charge in [-0.3, -0.25) is 5.32 Å². The second-order valence-corrected chi connectivity index (χ2v) is 2.66. The molecule has 1 N–H and O–H groups in total. The van der Waals surface area contributed by atoms with E-state index >= 15 is 0 Å². The van der Waals surface area contributed by atoms with Gasteiger partial charge in [0.25, 0.3) is 0 Å². The third-order valence-electron chi connectivity index (χ3n) is 0.787. The fraction of sp³-hybridized carbons (Fsp3) is 0. The maximum atomic E-state index is 8.15. The fourth-order valence-electron chi connectivity index (χ4n) is 0.434. The molecule has 0 aliphatic rings. The summed E-state index contributed by atoms with van der Waals surface area (Å²) in [5.74, 6) is 0. The van der Waals surface area contributed by atoms with E-state index < -0.39 is 0 Å². The van der Waals surface area contributed by atoms with Crippen LogP contribution in [0.4, 0.5) is 5.00 Å². The number of thiophene rings is 1. The zero-order valence-corrected chi connectivity index (χ0v) is 5.96. The summed E-state index contributed by atoms with van der Waals surface area (Å²) < 4.78 is 0. The predicted molar refractivity (Wildman–Crippen MR) is 38.6 cm³/mol. The van der Waals surface area contributed by atoms with E-state index in [4.69, 9.17) is 16.9 Å². The van der Waals surface area contributed by atoms with Crippen molar-refractivity contribution in [3.8, 4) is 6.19 Å². The van der Waals surface area contributed by atoms with Crippen LogP contribution in [0, 0.1) is 11.5 Å². The highest BCUT2D eigenvalue weighted by Crippen LogP contribution is 2.26. The normalized spacial score (nSPS) is 8.44. The molecule has 0 bridgehead atoms. The van der Waals surface area contributed by atoms with Crippen molar-refractivity contribution >= 4 is 27.9 Å². The molecule has 4 heteroatoms. The molecule has 0 fully saturated rings. The molecule has 0 amide bonds. The minimum absolute atomic E-state index is 0.599. The zero-order valence-electron chi connectivity index (χ0n) is 4.39. The van der Waals surface area contributed by atoms with Crippen LogP contribution in [0.25, 0.3) is 0 Å². The van der Waals surface area contributed by atoms with Crippen LogP contribution >= 0.6 is 22.9 Å². The van der Waals surface area contributed by atoms with E-state index in [1.165, 1.54) is 11.3 Å². The van der Waals surface area contributed by atoms with Gasteiger partial charge in [-0.2, -0.15) is 5.26 Å². The van der Waals surface area contributed by atoms with Crippen molar-refractivity contribution < 1.29 is 0 Å². The first-order chi connectivity index (χ1) is 4.34. The van der Waals surface area contributed by atoms with Crippen LogP contribution in [-0.4, -0.2) is 0 Å². The Morgan fingerprint density at radius 3 is 3.00 bits per heavy atom. The van der Waals surface area contributed by atoms with Gasteiger partial charge in [0.2, 0.25) is 0 Å². The average Bonchev–Trinajstić information content (AvgIpc) is 2.18. The lowest BCUT2D eigenvalue weighted by Crippen LogP contribution is -1.81. The number of hydrogen-bond donors (Lipinski definition) is 1. The molecule has 0 aliphatic heterocycles. The first kappa shape index (κ1) is 6.40. The van der Waals surface area contributed by atoms with Gasteiger partial charge in [0, 0.05) is 0 Å². The maximum absolute atomic E-state index is 8.15. The lowest BCUT2D eigenvalue weighted by atomic mass is 10.6. The largest absolute Gasteiger partial charge is 0.283 e. The second kappa shape index (κ2) is 2.72. The van der Waals surface area contributed by atoms with E-state index in [0.717, 1.165) is 0 Å². The summed E-state index contributed by atoms with van der Waals surface area (Å²) in [5.41, 5.74) is 0. The molecule has 0 saturated heterocycles. The second-order valence-electron chi connectivity index (χ2n) is 1.33. The molecule has 9 heavy (non-hydrogen) atoms. The molecule has 0 aliphatic carbocycles. The van der Waals surface area contributed by atoms with Crippen LogP contribution in [0.15, 0.2) is 11.4 Å². The summed E-state index contributed by atoms with van der Waals surface area (Å²) in [6, 6.07) is 1.74. The fourth-order valence-corrected chi connectivity index (χ4v) is 1.38. The Morgan fingerprint density at radius 2 is 2.56 bits per heavy atom. The van der Waals surface area contributed by atoms with E-state index in [-0.39, 0.29) is 0 Å². The van der Waals surface area contributed by atoms with E-state index in [1.807, 2.05) is 5.38 Å². The van der Waals surface area contributed by atoms with Crippen molar-refractivity contribution in [1.29, 1.82) is 5.26 Å². The third kappa shape index (κ3) is 1.35. The number of nitrogens with zero attached hydrogens (tertiary/aromatic N) is 1. The van der Waals surface area contributed by atoms with E-state index in [2.05, 4.69) is 5.32 Å². The molecule has 0 atom stereocenters. The Labute approximate surface area is 61.7 Å². The molecule has 46 valence electrons. The topological polar surface area (TPSA) is 35.8 Å². The predicted octanol–water partition coefficient (Wildman–Crippen LogP) is 2.29. The first-order valence-electron chi connectivity index (χ1n) is 2.22.